The van der Waals surface area contributed by atoms with Crippen molar-refractivity contribution in [2.24, 2.45) is 0 Å². The maximum atomic E-state index is 12.3. The second-order valence-electron chi connectivity index (χ2n) is 7.63. The molecule has 7 heteroatoms. The number of carbonyl (C=O) groups is 1. The zero-order chi connectivity index (χ0) is 18.6. The number of hydrogen-bond acceptors (Lipinski definition) is 5. The van der Waals surface area contributed by atoms with E-state index in [2.05, 4.69) is 25.9 Å². The monoisotopic (exact) mass is 371 g/mol. The summed E-state index contributed by atoms with van der Waals surface area (Å²) in [5, 5.41) is 7.64. The van der Waals surface area contributed by atoms with Gasteiger partial charge in [0, 0.05) is 32.1 Å². The summed E-state index contributed by atoms with van der Waals surface area (Å²) in [5.74, 6) is 0.420. The van der Waals surface area contributed by atoms with Crippen LogP contribution in [0.25, 0.3) is 0 Å². The predicted octanol–water partition coefficient (Wildman–Crippen LogP) is 2.90. The average molecular weight is 371 g/mol. The van der Waals surface area contributed by atoms with E-state index in [1.165, 1.54) is 44.2 Å². The Bertz CT molecular complexity index is 775. The van der Waals surface area contributed by atoms with Gasteiger partial charge in [0.15, 0.2) is 12.1 Å². The molecule has 1 aliphatic carbocycles. The van der Waals surface area contributed by atoms with Gasteiger partial charge in [0.2, 0.25) is 0 Å². The first-order valence-corrected chi connectivity index (χ1v) is 10.2. The highest BCUT2D eigenvalue weighted by Crippen LogP contribution is 2.26. The third-order valence-corrected chi connectivity index (χ3v) is 5.79. The Balaban J connectivity index is 1.39. The van der Waals surface area contributed by atoms with Crippen LogP contribution in [0.3, 0.4) is 0 Å². The van der Waals surface area contributed by atoms with Gasteiger partial charge in [-0.05, 0) is 25.3 Å². The molecule has 0 atom stereocenters. The van der Waals surface area contributed by atoms with Gasteiger partial charge in [0.1, 0.15) is 5.76 Å². The first kappa shape index (κ1) is 18.2. The lowest BCUT2D eigenvalue weighted by atomic mass is 9.94. The first-order chi connectivity index (χ1) is 13.2. The number of hydrogen-bond donors (Lipinski definition) is 1. The van der Waals surface area contributed by atoms with Crippen molar-refractivity contribution in [3.8, 4) is 0 Å². The fourth-order valence-electron chi connectivity index (χ4n) is 4.35. The topological polar surface area (TPSA) is 76.2 Å². The molecule has 2 aromatic heterocycles. The molecule has 3 heterocycles. The van der Waals surface area contributed by atoms with Crippen molar-refractivity contribution < 1.29 is 9.21 Å². The van der Waals surface area contributed by atoms with Gasteiger partial charge < -0.3 is 9.73 Å². The lowest BCUT2D eigenvalue weighted by molar-refractivity contribution is 0.0944. The Kier molecular flexibility index (Phi) is 5.57. The van der Waals surface area contributed by atoms with Crippen LogP contribution in [0.1, 0.15) is 73.1 Å². The summed E-state index contributed by atoms with van der Waals surface area (Å²) < 4.78 is 7.36. The summed E-state index contributed by atoms with van der Waals surface area (Å²) in [4.78, 5) is 19.0. The number of nitrogens with one attached hydrogen (secondary N) is 1. The van der Waals surface area contributed by atoms with Gasteiger partial charge in [-0.15, -0.1) is 0 Å². The number of fused-ring (bicyclic) bond motifs is 1. The summed E-state index contributed by atoms with van der Waals surface area (Å²) in [7, 11) is 0. The fraction of sp³-hybridized carbons (Fsp3) is 0.650. The van der Waals surface area contributed by atoms with Gasteiger partial charge in [-0.1, -0.05) is 26.2 Å². The number of rotatable bonds is 5. The Labute approximate surface area is 160 Å². The lowest BCUT2D eigenvalue weighted by Crippen LogP contribution is -2.36. The molecule has 0 spiro atoms. The van der Waals surface area contributed by atoms with Crippen LogP contribution in [0.4, 0.5) is 0 Å². The maximum Gasteiger partial charge on any atom is 0.273 e. The molecule has 0 aromatic carbocycles. The van der Waals surface area contributed by atoms with Gasteiger partial charge >= 0.3 is 0 Å². The zero-order valence-corrected chi connectivity index (χ0v) is 16.1. The van der Waals surface area contributed by atoms with Crippen LogP contribution >= 0.6 is 0 Å². The minimum atomic E-state index is -0.201. The normalized spacial score (nSPS) is 18.9. The van der Waals surface area contributed by atoms with E-state index in [1.807, 2.05) is 6.92 Å². The largest absolute Gasteiger partial charge is 0.448 e. The SMILES string of the molecule is CCc1ocnc1C(=O)NCc1cc2n(n1)CCCN(C1CCCCC1)C2. The molecule has 1 N–H and O–H groups in total. The summed E-state index contributed by atoms with van der Waals surface area (Å²) in [5.41, 5.74) is 2.55. The van der Waals surface area contributed by atoms with Crippen molar-refractivity contribution in [3.63, 3.8) is 0 Å². The number of nitrogens with zero attached hydrogens (tertiary/aromatic N) is 4. The van der Waals surface area contributed by atoms with E-state index in [1.54, 1.807) is 0 Å². The van der Waals surface area contributed by atoms with Crippen molar-refractivity contribution in [3.05, 3.63) is 35.3 Å². The van der Waals surface area contributed by atoms with Crippen LogP contribution in [0, 0.1) is 0 Å². The van der Waals surface area contributed by atoms with E-state index in [0.29, 0.717) is 24.4 Å². The molecular formula is C20H29N5O2. The van der Waals surface area contributed by atoms with Crippen molar-refractivity contribution >= 4 is 5.91 Å². The Morgan fingerprint density at radius 3 is 2.93 bits per heavy atom. The van der Waals surface area contributed by atoms with Crippen LogP contribution in [-0.2, 0) is 26.1 Å². The van der Waals surface area contributed by atoms with E-state index < -0.39 is 0 Å². The van der Waals surface area contributed by atoms with E-state index in [-0.39, 0.29) is 5.91 Å². The highest BCUT2D eigenvalue weighted by molar-refractivity contribution is 5.93. The van der Waals surface area contributed by atoms with E-state index >= 15 is 0 Å². The Morgan fingerprint density at radius 2 is 2.11 bits per heavy atom. The van der Waals surface area contributed by atoms with E-state index in [4.69, 9.17) is 9.52 Å². The summed E-state index contributed by atoms with van der Waals surface area (Å²) >= 11 is 0. The molecule has 2 aliphatic rings. The van der Waals surface area contributed by atoms with Crippen LogP contribution in [0.2, 0.25) is 0 Å². The molecule has 1 amide bonds. The Hall–Kier alpha value is -2.15. The molecule has 27 heavy (non-hydrogen) atoms. The third kappa shape index (κ3) is 4.08. The lowest BCUT2D eigenvalue weighted by Gasteiger charge is -2.33. The van der Waals surface area contributed by atoms with Crippen LogP contribution in [0.5, 0.6) is 0 Å². The molecule has 0 radical (unpaired) electrons. The second-order valence-corrected chi connectivity index (χ2v) is 7.63. The molecule has 1 saturated carbocycles. The number of aryl methyl sites for hydroxylation is 2. The van der Waals surface area contributed by atoms with Gasteiger partial charge in [-0.2, -0.15) is 5.10 Å². The van der Waals surface area contributed by atoms with E-state index in [9.17, 15) is 4.79 Å². The van der Waals surface area contributed by atoms with Gasteiger partial charge in [-0.3, -0.25) is 14.4 Å². The van der Waals surface area contributed by atoms with Crippen molar-refractivity contribution in [1.29, 1.82) is 0 Å². The molecule has 0 unspecified atom stereocenters. The predicted molar refractivity (Wildman–Crippen MR) is 101 cm³/mol. The number of amides is 1. The molecule has 1 fully saturated rings. The summed E-state index contributed by atoms with van der Waals surface area (Å²) in [6.45, 7) is 5.44. The molecule has 2 aromatic rings. The first-order valence-electron chi connectivity index (χ1n) is 10.2. The molecule has 4 rings (SSSR count). The van der Waals surface area contributed by atoms with E-state index in [0.717, 1.165) is 37.8 Å². The smallest absolute Gasteiger partial charge is 0.273 e. The summed E-state index contributed by atoms with van der Waals surface area (Å²) in [6.07, 6.45) is 9.88. The fourth-order valence-corrected chi connectivity index (χ4v) is 4.35. The molecule has 1 aliphatic heterocycles. The maximum absolute atomic E-state index is 12.3. The number of aromatic nitrogens is 3. The van der Waals surface area contributed by atoms with Crippen LogP contribution in [-0.4, -0.2) is 38.2 Å². The van der Waals surface area contributed by atoms with Gasteiger partial charge in [0.25, 0.3) is 5.91 Å². The average Bonchev–Trinajstić information content (AvgIpc) is 3.28. The van der Waals surface area contributed by atoms with Gasteiger partial charge in [0.05, 0.1) is 17.9 Å². The molecule has 0 saturated heterocycles. The molecule has 7 nitrogen and oxygen atoms in total. The standard InChI is InChI=1S/C20H29N5O2/c1-2-18-19(22-14-27-18)20(26)21-12-15-11-17-13-24(9-6-10-25(17)23-15)16-7-4-3-5-8-16/h11,14,16H,2-10,12-13H2,1H3,(H,21,26). The zero-order valence-electron chi connectivity index (χ0n) is 16.1. The second kappa shape index (κ2) is 8.25. The highest BCUT2D eigenvalue weighted by atomic mass is 16.3. The molecule has 146 valence electrons. The van der Waals surface area contributed by atoms with Crippen molar-refractivity contribution in [2.45, 2.75) is 77.5 Å². The third-order valence-electron chi connectivity index (χ3n) is 5.79. The van der Waals surface area contributed by atoms with Crippen molar-refractivity contribution in [2.75, 3.05) is 6.54 Å². The molecule has 0 bridgehead atoms. The highest BCUT2D eigenvalue weighted by Gasteiger charge is 2.25. The number of carbonyl (C=O) groups excluding carboxylic acids is 1. The van der Waals surface area contributed by atoms with Gasteiger partial charge in [-0.25, -0.2) is 4.98 Å². The number of oxazole rings is 1. The quantitative estimate of drug-likeness (QED) is 0.875. The Morgan fingerprint density at radius 1 is 1.26 bits per heavy atom. The van der Waals surface area contributed by atoms with Crippen LogP contribution in [0.15, 0.2) is 16.9 Å². The van der Waals surface area contributed by atoms with Crippen molar-refractivity contribution in [1.82, 2.24) is 25.0 Å². The minimum absolute atomic E-state index is 0.201. The minimum Gasteiger partial charge on any atom is -0.448 e. The molecular weight excluding hydrogens is 342 g/mol. The van der Waals surface area contributed by atoms with Crippen LogP contribution < -0.4 is 5.32 Å². The summed E-state index contributed by atoms with van der Waals surface area (Å²) in [6, 6.07) is 2.87.